The first-order valence-electron chi connectivity index (χ1n) is 8.25. The topological polar surface area (TPSA) is 61.4 Å². The van der Waals surface area contributed by atoms with E-state index in [1.165, 1.54) is 6.42 Å². The molecule has 23 heavy (non-hydrogen) atoms. The van der Waals surface area contributed by atoms with Crippen molar-refractivity contribution in [3.63, 3.8) is 0 Å². The molecule has 2 heterocycles. The fourth-order valence-electron chi connectivity index (χ4n) is 3.19. The van der Waals surface area contributed by atoms with Crippen LogP contribution < -0.4 is 10.6 Å². The van der Waals surface area contributed by atoms with Gasteiger partial charge in [0.25, 0.3) is 5.91 Å². The fraction of sp³-hybridized carbons (Fsp3) is 0.529. The van der Waals surface area contributed by atoms with E-state index in [-0.39, 0.29) is 17.7 Å². The highest BCUT2D eigenvalue weighted by atomic mass is 35.5. The van der Waals surface area contributed by atoms with E-state index in [0.717, 1.165) is 38.9 Å². The maximum Gasteiger partial charge on any atom is 0.255 e. The van der Waals surface area contributed by atoms with Crippen LogP contribution in [0.5, 0.6) is 0 Å². The molecule has 3 rings (SSSR count). The van der Waals surface area contributed by atoms with Crippen LogP contribution in [-0.2, 0) is 4.79 Å². The number of hydrogen-bond donors (Lipinski definition) is 2. The number of benzene rings is 1. The first kappa shape index (κ1) is 16.3. The summed E-state index contributed by atoms with van der Waals surface area (Å²) in [5.74, 6) is -0.127. The lowest BCUT2D eigenvalue weighted by Crippen LogP contribution is -2.36. The second-order valence-corrected chi connectivity index (χ2v) is 6.66. The van der Waals surface area contributed by atoms with E-state index in [1.807, 2.05) is 4.90 Å². The van der Waals surface area contributed by atoms with Gasteiger partial charge in [0, 0.05) is 24.7 Å². The Morgan fingerprint density at radius 2 is 2.00 bits per heavy atom. The molecule has 1 aromatic carbocycles. The van der Waals surface area contributed by atoms with Crippen LogP contribution in [0.1, 0.15) is 36.0 Å². The van der Waals surface area contributed by atoms with Gasteiger partial charge in [0.2, 0.25) is 5.91 Å². The Morgan fingerprint density at radius 1 is 1.22 bits per heavy atom. The van der Waals surface area contributed by atoms with E-state index in [1.54, 1.807) is 18.2 Å². The number of anilines is 1. The smallest absolute Gasteiger partial charge is 0.255 e. The van der Waals surface area contributed by atoms with E-state index >= 15 is 0 Å². The molecule has 2 aliphatic rings. The summed E-state index contributed by atoms with van der Waals surface area (Å²) in [5, 5.41) is 6.59. The first-order valence-corrected chi connectivity index (χ1v) is 8.63. The molecule has 124 valence electrons. The van der Waals surface area contributed by atoms with Crippen LogP contribution in [0.25, 0.3) is 0 Å². The highest BCUT2D eigenvalue weighted by molar-refractivity contribution is 6.31. The van der Waals surface area contributed by atoms with E-state index in [4.69, 9.17) is 11.6 Å². The lowest BCUT2D eigenvalue weighted by molar-refractivity contribution is -0.119. The number of halogens is 1. The number of nitrogens with one attached hydrogen (secondary N) is 2. The third-order valence-electron chi connectivity index (χ3n) is 4.54. The number of likely N-dealkylation sites (tertiary alicyclic amines) is 1. The summed E-state index contributed by atoms with van der Waals surface area (Å²) < 4.78 is 0. The van der Waals surface area contributed by atoms with Crippen LogP contribution in [0.15, 0.2) is 18.2 Å². The molecule has 0 spiro atoms. The number of carbonyl (C=O) groups is 2. The quantitative estimate of drug-likeness (QED) is 0.892. The summed E-state index contributed by atoms with van der Waals surface area (Å²) in [6.07, 6.45) is 4.06. The van der Waals surface area contributed by atoms with Crippen molar-refractivity contribution in [1.29, 1.82) is 0 Å². The number of piperidine rings is 1. The van der Waals surface area contributed by atoms with Crippen LogP contribution in [-0.4, -0.2) is 42.9 Å². The summed E-state index contributed by atoms with van der Waals surface area (Å²) in [7, 11) is 0. The zero-order chi connectivity index (χ0) is 16.2. The Balaban J connectivity index is 1.79. The van der Waals surface area contributed by atoms with Gasteiger partial charge < -0.3 is 15.5 Å². The summed E-state index contributed by atoms with van der Waals surface area (Å²) in [6.45, 7) is 3.10. The van der Waals surface area contributed by atoms with Gasteiger partial charge in [-0.1, -0.05) is 11.6 Å². The molecule has 1 aromatic rings. The normalized spacial score (nSPS) is 21.3. The van der Waals surface area contributed by atoms with Crippen LogP contribution in [0.2, 0.25) is 5.02 Å². The molecule has 0 aromatic heterocycles. The maximum atomic E-state index is 12.8. The minimum absolute atomic E-state index is 0.0267. The van der Waals surface area contributed by atoms with Gasteiger partial charge in [-0.2, -0.15) is 0 Å². The number of nitrogens with zero attached hydrogens (tertiary/aromatic N) is 1. The van der Waals surface area contributed by atoms with Crippen molar-refractivity contribution in [2.75, 3.05) is 31.5 Å². The van der Waals surface area contributed by atoms with Crippen molar-refractivity contribution in [3.8, 4) is 0 Å². The summed E-state index contributed by atoms with van der Waals surface area (Å²) in [6, 6.07) is 5.08. The molecule has 0 bridgehead atoms. The number of amides is 2. The van der Waals surface area contributed by atoms with E-state index in [9.17, 15) is 9.59 Å². The second-order valence-electron chi connectivity index (χ2n) is 6.22. The molecule has 2 N–H and O–H groups in total. The molecule has 0 aliphatic carbocycles. The summed E-state index contributed by atoms with van der Waals surface area (Å²) in [4.78, 5) is 27.0. The zero-order valence-electron chi connectivity index (χ0n) is 13.1. The number of carbonyl (C=O) groups excluding carboxylic acids is 2. The molecule has 2 amide bonds. The number of hydrogen-bond acceptors (Lipinski definition) is 3. The van der Waals surface area contributed by atoms with Gasteiger partial charge in [-0.05, 0) is 50.4 Å². The van der Waals surface area contributed by atoms with Crippen LogP contribution in [0.3, 0.4) is 0 Å². The monoisotopic (exact) mass is 335 g/mol. The predicted molar refractivity (Wildman–Crippen MR) is 90.8 cm³/mol. The van der Waals surface area contributed by atoms with Gasteiger partial charge in [-0.3, -0.25) is 9.59 Å². The van der Waals surface area contributed by atoms with Gasteiger partial charge in [0.05, 0.1) is 17.2 Å². The highest BCUT2D eigenvalue weighted by Crippen LogP contribution is 2.25. The highest BCUT2D eigenvalue weighted by Gasteiger charge is 2.25. The van der Waals surface area contributed by atoms with Crippen LogP contribution in [0.4, 0.5) is 5.69 Å². The Hall–Kier alpha value is -1.59. The standard InChI is InChI=1S/C17H22ClN3O2/c18-13-4-5-14(17(23)21-8-2-1-3-9-21)15(10-13)20-16(22)12-6-7-19-11-12/h4-5,10,12,19H,1-3,6-9,11H2,(H,20,22). The lowest BCUT2D eigenvalue weighted by atomic mass is 10.1. The SMILES string of the molecule is O=C(Nc1cc(Cl)ccc1C(=O)N1CCCCC1)C1CCNC1. The van der Waals surface area contributed by atoms with Crippen molar-refractivity contribution < 1.29 is 9.59 Å². The second kappa shape index (κ2) is 7.32. The third kappa shape index (κ3) is 3.85. The minimum Gasteiger partial charge on any atom is -0.339 e. The molecule has 2 fully saturated rings. The van der Waals surface area contributed by atoms with Crippen molar-refractivity contribution in [2.24, 2.45) is 5.92 Å². The Bertz CT molecular complexity index is 594. The molecule has 0 saturated carbocycles. The molecule has 0 radical (unpaired) electrons. The predicted octanol–water partition coefficient (Wildman–Crippen LogP) is 2.51. The Labute approximate surface area is 141 Å². The Kier molecular flexibility index (Phi) is 5.18. The molecule has 6 heteroatoms. The van der Waals surface area contributed by atoms with Gasteiger partial charge in [-0.15, -0.1) is 0 Å². The third-order valence-corrected chi connectivity index (χ3v) is 4.78. The molecule has 2 aliphatic heterocycles. The minimum atomic E-state index is -0.0510. The van der Waals surface area contributed by atoms with Gasteiger partial charge in [-0.25, -0.2) is 0 Å². The summed E-state index contributed by atoms with van der Waals surface area (Å²) >= 11 is 6.06. The lowest BCUT2D eigenvalue weighted by Gasteiger charge is -2.27. The van der Waals surface area contributed by atoms with Gasteiger partial charge in [0.1, 0.15) is 0 Å². The molecule has 2 saturated heterocycles. The summed E-state index contributed by atoms with van der Waals surface area (Å²) in [5.41, 5.74) is 1.04. The maximum absolute atomic E-state index is 12.8. The Morgan fingerprint density at radius 3 is 2.70 bits per heavy atom. The van der Waals surface area contributed by atoms with Gasteiger partial charge >= 0.3 is 0 Å². The van der Waals surface area contributed by atoms with Crippen molar-refractivity contribution >= 4 is 29.1 Å². The van der Waals surface area contributed by atoms with E-state index in [2.05, 4.69) is 10.6 Å². The largest absolute Gasteiger partial charge is 0.339 e. The van der Waals surface area contributed by atoms with Crippen molar-refractivity contribution in [1.82, 2.24) is 10.2 Å². The van der Waals surface area contributed by atoms with Crippen molar-refractivity contribution in [3.05, 3.63) is 28.8 Å². The average molecular weight is 336 g/mol. The van der Waals surface area contributed by atoms with Crippen LogP contribution in [0, 0.1) is 5.92 Å². The van der Waals surface area contributed by atoms with Gasteiger partial charge in [0.15, 0.2) is 0 Å². The molecular formula is C17H22ClN3O2. The molecule has 1 atom stereocenters. The number of rotatable bonds is 3. The molecular weight excluding hydrogens is 314 g/mol. The first-order chi connectivity index (χ1) is 11.1. The van der Waals surface area contributed by atoms with E-state index in [0.29, 0.717) is 22.8 Å². The van der Waals surface area contributed by atoms with Crippen molar-refractivity contribution in [2.45, 2.75) is 25.7 Å². The van der Waals surface area contributed by atoms with Crippen LogP contribution >= 0.6 is 11.6 Å². The average Bonchev–Trinajstić information content (AvgIpc) is 3.10. The molecule has 5 nitrogen and oxygen atoms in total. The fourth-order valence-corrected chi connectivity index (χ4v) is 3.36. The molecule has 1 unspecified atom stereocenters. The van der Waals surface area contributed by atoms with E-state index < -0.39 is 0 Å². The zero-order valence-corrected chi connectivity index (χ0v) is 13.9.